The van der Waals surface area contributed by atoms with Gasteiger partial charge in [-0.15, -0.1) is 0 Å². The Morgan fingerprint density at radius 2 is 2.00 bits per heavy atom. The molecule has 0 N–H and O–H groups in total. The van der Waals surface area contributed by atoms with Crippen LogP contribution in [0.2, 0.25) is 0 Å². The van der Waals surface area contributed by atoms with Gasteiger partial charge in [0.15, 0.2) is 0 Å². The lowest BCUT2D eigenvalue weighted by Crippen LogP contribution is -2.07. The van der Waals surface area contributed by atoms with E-state index in [0.717, 1.165) is 18.6 Å². The third kappa shape index (κ3) is 5.47. The Hall–Kier alpha value is -0.960. The fourth-order valence-electron chi connectivity index (χ4n) is 1.19. The fourth-order valence-corrected chi connectivity index (χ4v) is 1.68. The Balaban J connectivity index is 2.19. The van der Waals surface area contributed by atoms with E-state index in [1.165, 1.54) is 0 Å². The molecular weight excluding hydrogens is 208 g/mol. The standard InChI is InChI=1S/C12H16O2S/c1-15-10-6-5-9-12(13)14-11-7-3-2-4-8-11/h2-4,7-8H,5-6,9-10H2,1H3. The summed E-state index contributed by atoms with van der Waals surface area (Å²) in [5.41, 5.74) is 0. The van der Waals surface area contributed by atoms with Crippen molar-refractivity contribution in [2.24, 2.45) is 0 Å². The molecule has 0 aliphatic rings. The van der Waals surface area contributed by atoms with Crippen molar-refractivity contribution in [1.29, 1.82) is 0 Å². The highest BCUT2D eigenvalue weighted by Crippen LogP contribution is 2.10. The Morgan fingerprint density at radius 3 is 2.67 bits per heavy atom. The number of unbranched alkanes of at least 4 members (excludes halogenated alkanes) is 1. The highest BCUT2D eigenvalue weighted by atomic mass is 32.2. The molecule has 0 aliphatic carbocycles. The van der Waals surface area contributed by atoms with Crippen LogP contribution in [0.15, 0.2) is 30.3 Å². The molecule has 15 heavy (non-hydrogen) atoms. The molecule has 1 aromatic carbocycles. The summed E-state index contributed by atoms with van der Waals surface area (Å²) in [6, 6.07) is 9.20. The second-order valence-electron chi connectivity index (χ2n) is 3.24. The first-order valence-corrected chi connectivity index (χ1v) is 6.47. The van der Waals surface area contributed by atoms with Gasteiger partial charge in [-0.2, -0.15) is 11.8 Å². The number of para-hydroxylation sites is 1. The fraction of sp³-hybridized carbons (Fsp3) is 0.417. The van der Waals surface area contributed by atoms with Crippen LogP contribution in [-0.4, -0.2) is 18.0 Å². The van der Waals surface area contributed by atoms with E-state index in [0.29, 0.717) is 12.2 Å². The van der Waals surface area contributed by atoms with Gasteiger partial charge in [0.2, 0.25) is 0 Å². The summed E-state index contributed by atoms with van der Waals surface area (Å²) >= 11 is 1.81. The molecule has 1 rings (SSSR count). The predicted octanol–water partition coefficient (Wildman–Crippen LogP) is 3.13. The summed E-state index contributed by atoms with van der Waals surface area (Å²) in [5.74, 6) is 1.60. The largest absolute Gasteiger partial charge is 0.427 e. The van der Waals surface area contributed by atoms with Crippen molar-refractivity contribution in [2.75, 3.05) is 12.0 Å². The minimum atomic E-state index is -0.137. The molecule has 1 aromatic rings. The molecule has 0 aromatic heterocycles. The van der Waals surface area contributed by atoms with Crippen molar-refractivity contribution in [3.63, 3.8) is 0 Å². The third-order valence-corrected chi connectivity index (χ3v) is 2.65. The summed E-state index contributed by atoms with van der Waals surface area (Å²) in [6.07, 6.45) is 4.56. The number of hydrogen-bond acceptors (Lipinski definition) is 3. The average Bonchev–Trinajstić information content (AvgIpc) is 2.26. The molecule has 0 bridgehead atoms. The van der Waals surface area contributed by atoms with E-state index >= 15 is 0 Å². The SMILES string of the molecule is CSCCCCC(=O)Oc1ccccc1. The van der Waals surface area contributed by atoms with E-state index in [2.05, 4.69) is 6.26 Å². The molecule has 0 atom stereocenters. The second kappa shape index (κ2) is 7.35. The lowest BCUT2D eigenvalue weighted by Gasteiger charge is -2.03. The molecule has 0 radical (unpaired) electrons. The van der Waals surface area contributed by atoms with Crippen LogP contribution in [0, 0.1) is 0 Å². The quantitative estimate of drug-likeness (QED) is 0.422. The smallest absolute Gasteiger partial charge is 0.311 e. The van der Waals surface area contributed by atoms with Crippen LogP contribution < -0.4 is 4.74 Å². The first kappa shape index (κ1) is 12.1. The van der Waals surface area contributed by atoms with Crippen LogP contribution in [0.4, 0.5) is 0 Å². The first-order valence-electron chi connectivity index (χ1n) is 5.07. The van der Waals surface area contributed by atoms with Crippen molar-refractivity contribution in [3.8, 4) is 5.75 Å². The van der Waals surface area contributed by atoms with Gasteiger partial charge in [0, 0.05) is 6.42 Å². The summed E-state index contributed by atoms with van der Waals surface area (Å²) in [7, 11) is 0. The Bertz CT molecular complexity index is 285. The number of carbonyl (C=O) groups is 1. The van der Waals surface area contributed by atoms with Gasteiger partial charge in [-0.1, -0.05) is 18.2 Å². The lowest BCUT2D eigenvalue weighted by atomic mass is 10.2. The number of esters is 1. The first-order chi connectivity index (χ1) is 7.33. The monoisotopic (exact) mass is 224 g/mol. The molecule has 3 heteroatoms. The van der Waals surface area contributed by atoms with Gasteiger partial charge in [-0.05, 0) is 37.0 Å². The highest BCUT2D eigenvalue weighted by Gasteiger charge is 2.03. The van der Waals surface area contributed by atoms with Crippen molar-refractivity contribution in [1.82, 2.24) is 0 Å². The van der Waals surface area contributed by atoms with Crippen molar-refractivity contribution >= 4 is 17.7 Å². The maximum Gasteiger partial charge on any atom is 0.311 e. The zero-order valence-electron chi connectivity index (χ0n) is 8.94. The number of benzene rings is 1. The summed E-state index contributed by atoms with van der Waals surface area (Å²) in [5, 5.41) is 0. The molecule has 82 valence electrons. The topological polar surface area (TPSA) is 26.3 Å². The summed E-state index contributed by atoms with van der Waals surface area (Å²) in [4.78, 5) is 11.3. The van der Waals surface area contributed by atoms with Gasteiger partial charge in [-0.25, -0.2) is 0 Å². The molecule has 0 amide bonds. The molecule has 0 saturated heterocycles. The van der Waals surface area contributed by atoms with Crippen molar-refractivity contribution < 1.29 is 9.53 Å². The van der Waals surface area contributed by atoms with Crippen LogP contribution >= 0.6 is 11.8 Å². The van der Waals surface area contributed by atoms with Gasteiger partial charge in [0.05, 0.1) is 0 Å². The maximum atomic E-state index is 11.3. The van der Waals surface area contributed by atoms with Crippen molar-refractivity contribution in [3.05, 3.63) is 30.3 Å². The van der Waals surface area contributed by atoms with Gasteiger partial charge in [-0.3, -0.25) is 4.79 Å². The minimum Gasteiger partial charge on any atom is -0.427 e. The predicted molar refractivity (Wildman–Crippen MR) is 64.3 cm³/mol. The molecular formula is C12H16O2S. The molecule has 0 heterocycles. The van der Waals surface area contributed by atoms with E-state index < -0.39 is 0 Å². The maximum absolute atomic E-state index is 11.3. The van der Waals surface area contributed by atoms with Crippen LogP contribution in [0.25, 0.3) is 0 Å². The summed E-state index contributed by atoms with van der Waals surface area (Å²) in [6.45, 7) is 0. The van der Waals surface area contributed by atoms with Gasteiger partial charge < -0.3 is 4.74 Å². The molecule has 0 fully saturated rings. The van der Waals surface area contributed by atoms with E-state index in [4.69, 9.17) is 4.74 Å². The van der Waals surface area contributed by atoms with Crippen LogP contribution in [0.3, 0.4) is 0 Å². The molecule has 2 nitrogen and oxygen atoms in total. The second-order valence-corrected chi connectivity index (χ2v) is 4.22. The third-order valence-electron chi connectivity index (χ3n) is 1.95. The Labute approximate surface area is 95.0 Å². The normalized spacial score (nSPS) is 9.93. The summed E-state index contributed by atoms with van der Waals surface area (Å²) < 4.78 is 5.15. The number of ether oxygens (including phenoxy) is 1. The van der Waals surface area contributed by atoms with Gasteiger partial charge >= 0.3 is 5.97 Å². The Morgan fingerprint density at radius 1 is 1.27 bits per heavy atom. The number of rotatable bonds is 6. The Kier molecular flexibility index (Phi) is 5.93. The van der Waals surface area contributed by atoms with Crippen molar-refractivity contribution in [2.45, 2.75) is 19.3 Å². The average molecular weight is 224 g/mol. The van der Waals surface area contributed by atoms with Gasteiger partial charge in [0.25, 0.3) is 0 Å². The van der Waals surface area contributed by atoms with E-state index in [1.807, 2.05) is 18.2 Å². The molecule has 0 spiro atoms. The van der Waals surface area contributed by atoms with Crippen LogP contribution in [0.1, 0.15) is 19.3 Å². The minimum absolute atomic E-state index is 0.137. The zero-order chi connectivity index (χ0) is 10.9. The lowest BCUT2D eigenvalue weighted by molar-refractivity contribution is -0.134. The van der Waals surface area contributed by atoms with Gasteiger partial charge in [0.1, 0.15) is 5.75 Å². The van der Waals surface area contributed by atoms with E-state index in [-0.39, 0.29) is 5.97 Å². The number of hydrogen-bond donors (Lipinski definition) is 0. The van der Waals surface area contributed by atoms with E-state index in [1.54, 1.807) is 23.9 Å². The molecule has 0 saturated carbocycles. The molecule has 0 aliphatic heterocycles. The number of carbonyl (C=O) groups excluding carboxylic acids is 1. The zero-order valence-corrected chi connectivity index (χ0v) is 9.76. The highest BCUT2D eigenvalue weighted by molar-refractivity contribution is 7.98. The molecule has 0 unspecified atom stereocenters. The van der Waals surface area contributed by atoms with Crippen LogP contribution in [-0.2, 0) is 4.79 Å². The van der Waals surface area contributed by atoms with Crippen LogP contribution in [0.5, 0.6) is 5.75 Å². The van der Waals surface area contributed by atoms with E-state index in [9.17, 15) is 4.79 Å². The number of thioether (sulfide) groups is 1.